The number of ether oxygens (including phenoxy) is 1. The highest BCUT2D eigenvalue weighted by atomic mass is 16.5. The molecule has 0 unspecified atom stereocenters. The highest BCUT2D eigenvalue weighted by Crippen LogP contribution is 2.15. The lowest BCUT2D eigenvalue weighted by atomic mass is 10.2. The van der Waals surface area contributed by atoms with Gasteiger partial charge in [0.05, 0.1) is 23.9 Å². The number of hydrogen-bond donors (Lipinski definition) is 2. The van der Waals surface area contributed by atoms with E-state index in [4.69, 9.17) is 0 Å². The Morgan fingerprint density at radius 2 is 1.74 bits per heavy atom. The number of hydrogen-bond acceptors (Lipinski definition) is 6. The first-order chi connectivity index (χ1) is 13.2. The largest absolute Gasteiger partial charge is 0.465 e. The van der Waals surface area contributed by atoms with Gasteiger partial charge in [-0.15, -0.1) is 0 Å². The van der Waals surface area contributed by atoms with Gasteiger partial charge in [-0.3, -0.25) is 14.8 Å². The number of nitrogens with zero attached hydrogens (tertiary/aromatic N) is 2. The van der Waals surface area contributed by atoms with E-state index in [0.717, 1.165) is 11.3 Å². The average Bonchev–Trinajstić information content (AvgIpc) is 2.73. The number of benzene rings is 1. The minimum atomic E-state index is -0.463. The lowest BCUT2D eigenvalue weighted by molar-refractivity contribution is 0.0600. The Morgan fingerprint density at radius 3 is 2.52 bits per heavy atom. The number of amides is 1. The molecule has 27 heavy (non-hydrogen) atoms. The third-order valence-corrected chi connectivity index (χ3v) is 3.79. The van der Waals surface area contributed by atoms with E-state index >= 15 is 0 Å². The molecule has 0 aliphatic heterocycles. The van der Waals surface area contributed by atoms with Gasteiger partial charge in [-0.25, -0.2) is 4.79 Å². The van der Waals surface area contributed by atoms with Gasteiger partial charge in [-0.2, -0.15) is 0 Å². The fraction of sp³-hybridized carbons (Fsp3) is 0.100. The van der Waals surface area contributed by atoms with Crippen molar-refractivity contribution in [2.45, 2.75) is 6.54 Å². The molecule has 2 aromatic heterocycles. The maximum Gasteiger partial charge on any atom is 0.337 e. The molecule has 0 fully saturated rings. The zero-order valence-electron chi connectivity index (χ0n) is 14.7. The molecule has 1 aromatic carbocycles. The lowest BCUT2D eigenvalue weighted by Gasteiger charge is -2.09. The van der Waals surface area contributed by atoms with E-state index in [1.165, 1.54) is 13.3 Å². The summed E-state index contributed by atoms with van der Waals surface area (Å²) >= 11 is 0. The number of methoxy groups -OCH3 is 1. The van der Waals surface area contributed by atoms with Crippen LogP contribution in [0.15, 0.2) is 67.3 Å². The first-order valence-electron chi connectivity index (χ1n) is 8.23. The van der Waals surface area contributed by atoms with Crippen LogP contribution in [0.5, 0.6) is 0 Å². The molecule has 0 radical (unpaired) electrons. The van der Waals surface area contributed by atoms with Crippen LogP contribution in [0.1, 0.15) is 26.3 Å². The quantitative estimate of drug-likeness (QED) is 0.655. The van der Waals surface area contributed by atoms with Crippen LogP contribution in [-0.4, -0.2) is 29.0 Å². The molecular formula is C20H18N4O3. The van der Waals surface area contributed by atoms with Crippen LogP contribution in [-0.2, 0) is 11.3 Å². The molecule has 3 rings (SSSR count). The third kappa shape index (κ3) is 4.88. The van der Waals surface area contributed by atoms with Crippen LogP contribution < -0.4 is 10.6 Å². The molecule has 0 saturated carbocycles. The number of aromatic nitrogens is 2. The summed E-state index contributed by atoms with van der Waals surface area (Å²) in [5.41, 5.74) is 3.06. The van der Waals surface area contributed by atoms with Crippen LogP contribution in [0.4, 0.5) is 11.4 Å². The number of anilines is 2. The van der Waals surface area contributed by atoms with Gasteiger partial charge in [0.1, 0.15) is 0 Å². The molecule has 0 aliphatic carbocycles. The molecular weight excluding hydrogens is 344 g/mol. The Balaban J connectivity index is 1.67. The van der Waals surface area contributed by atoms with Gasteiger partial charge < -0.3 is 15.4 Å². The van der Waals surface area contributed by atoms with Gasteiger partial charge in [-0.05, 0) is 42.0 Å². The summed E-state index contributed by atoms with van der Waals surface area (Å²) in [6.45, 7) is 0.594. The number of rotatable bonds is 6. The summed E-state index contributed by atoms with van der Waals surface area (Å²) in [5.74, 6) is -0.785. The predicted octanol–water partition coefficient (Wildman–Crippen LogP) is 3.13. The van der Waals surface area contributed by atoms with Crippen molar-refractivity contribution in [3.63, 3.8) is 0 Å². The summed E-state index contributed by atoms with van der Waals surface area (Å²) in [4.78, 5) is 32.2. The molecule has 0 spiro atoms. The van der Waals surface area contributed by atoms with Gasteiger partial charge in [0, 0.05) is 37.0 Å². The Morgan fingerprint density at radius 1 is 0.963 bits per heavy atom. The summed E-state index contributed by atoms with van der Waals surface area (Å²) in [7, 11) is 1.31. The molecule has 7 nitrogen and oxygen atoms in total. The number of esters is 1. The van der Waals surface area contributed by atoms with E-state index < -0.39 is 5.97 Å². The number of pyridine rings is 2. The molecule has 0 aliphatic rings. The van der Waals surface area contributed by atoms with E-state index in [1.807, 2.05) is 12.1 Å². The van der Waals surface area contributed by atoms with E-state index in [-0.39, 0.29) is 5.91 Å². The van der Waals surface area contributed by atoms with Crippen molar-refractivity contribution in [1.82, 2.24) is 9.97 Å². The predicted molar refractivity (Wildman–Crippen MR) is 102 cm³/mol. The van der Waals surface area contributed by atoms with Crippen LogP contribution in [0.3, 0.4) is 0 Å². The van der Waals surface area contributed by atoms with Gasteiger partial charge in [0.2, 0.25) is 0 Å². The SMILES string of the molecule is COC(=O)c1cccc(NC(=O)c2cncc(NCc3ccncc3)c2)c1. The van der Waals surface area contributed by atoms with Crippen molar-refractivity contribution < 1.29 is 14.3 Å². The van der Waals surface area contributed by atoms with Crippen LogP contribution in [0.25, 0.3) is 0 Å². The summed E-state index contributed by atoms with van der Waals surface area (Å²) in [6, 6.07) is 12.1. The lowest BCUT2D eigenvalue weighted by Crippen LogP contribution is -2.13. The highest BCUT2D eigenvalue weighted by molar-refractivity contribution is 6.05. The van der Waals surface area contributed by atoms with Crippen LogP contribution in [0.2, 0.25) is 0 Å². The van der Waals surface area contributed by atoms with Gasteiger partial charge in [0.25, 0.3) is 5.91 Å². The van der Waals surface area contributed by atoms with E-state index in [2.05, 4.69) is 25.3 Å². The Bertz CT molecular complexity index is 945. The van der Waals surface area contributed by atoms with E-state index in [9.17, 15) is 9.59 Å². The fourth-order valence-electron chi connectivity index (χ4n) is 2.41. The number of nitrogens with one attached hydrogen (secondary N) is 2. The normalized spacial score (nSPS) is 10.1. The maximum absolute atomic E-state index is 12.5. The monoisotopic (exact) mass is 362 g/mol. The van der Waals surface area contributed by atoms with Crippen molar-refractivity contribution in [3.8, 4) is 0 Å². The zero-order valence-corrected chi connectivity index (χ0v) is 14.7. The van der Waals surface area contributed by atoms with Crippen LogP contribution in [0, 0.1) is 0 Å². The summed E-state index contributed by atoms with van der Waals surface area (Å²) < 4.78 is 4.69. The van der Waals surface area contributed by atoms with Gasteiger partial charge in [-0.1, -0.05) is 6.07 Å². The molecule has 0 bridgehead atoms. The fourth-order valence-corrected chi connectivity index (χ4v) is 2.41. The average molecular weight is 362 g/mol. The highest BCUT2D eigenvalue weighted by Gasteiger charge is 2.10. The topological polar surface area (TPSA) is 93.2 Å². The Labute approximate surface area is 156 Å². The first-order valence-corrected chi connectivity index (χ1v) is 8.23. The van der Waals surface area contributed by atoms with Gasteiger partial charge in [0.15, 0.2) is 0 Å². The second-order valence-corrected chi connectivity index (χ2v) is 5.70. The molecule has 7 heteroatoms. The van der Waals surface area contributed by atoms with E-state index in [1.54, 1.807) is 48.9 Å². The Kier molecular flexibility index (Phi) is 5.73. The molecule has 0 saturated heterocycles. The minimum absolute atomic E-state index is 0.322. The second kappa shape index (κ2) is 8.57. The van der Waals surface area contributed by atoms with Crippen molar-refractivity contribution in [2.24, 2.45) is 0 Å². The zero-order chi connectivity index (χ0) is 19.1. The summed E-state index contributed by atoms with van der Waals surface area (Å²) in [5, 5.41) is 5.98. The third-order valence-electron chi connectivity index (χ3n) is 3.79. The van der Waals surface area contributed by atoms with Crippen molar-refractivity contribution in [2.75, 3.05) is 17.7 Å². The smallest absolute Gasteiger partial charge is 0.337 e. The summed E-state index contributed by atoms with van der Waals surface area (Å²) in [6.07, 6.45) is 6.58. The molecule has 136 valence electrons. The number of carbonyl (C=O) groups excluding carboxylic acids is 2. The molecule has 1 amide bonds. The molecule has 3 aromatic rings. The second-order valence-electron chi connectivity index (χ2n) is 5.70. The standard InChI is InChI=1S/C20H18N4O3/c1-27-20(26)15-3-2-4-17(9-15)24-19(25)16-10-18(13-22-12-16)23-11-14-5-7-21-8-6-14/h2-10,12-13,23H,11H2,1H3,(H,24,25). The number of carbonyl (C=O) groups is 2. The van der Waals surface area contributed by atoms with Crippen molar-refractivity contribution >= 4 is 23.3 Å². The molecule has 2 N–H and O–H groups in total. The van der Waals surface area contributed by atoms with Crippen LogP contribution >= 0.6 is 0 Å². The van der Waals surface area contributed by atoms with Gasteiger partial charge >= 0.3 is 5.97 Å². The molecule has 2 heterocycles. The molecule has 0 atom stereocenters. The first kappa shape index (κ1) is 18.1. The van der Waals surface area contributed by atoms with Crippen molar-refractivity contribution in [3.05, 3.63) is 83.9 Å². The van der Waals surface area contributed by atoms with Crippen molar-refractivity contribution in [1.29, 1.82) is 0 Å². The minimum Gasteiger partial charge on any atom is -0.465 e. The Hall–Kier alpha value is -3.74. The maximum atomic E-state index is 12.5. The van der Waals surface area contributed by atoms with E-state index in [0.29, 0.717) is 23.4 Å².